The van der Waals surface area contributed by atoms with Crippen molar-refractivity contribution in [2.45, 2.75) is 12.8 Å². The van der Waals surface area contributed by atoms with E-state index in [4.69, 9.17) is 4.42 Å². The smallest absolute Gasteiger partial charge is 0.266 e. The maximum absolute atomic E-state index is 12.7. The van der Waals surface area contributed by atoms with Crippen LogP contribution in [0.4, 0.5) is 4.39 Å². The number of nitrogens with zero attached hydrogens (tertiary/aromatic N) is 3. The molecule has 0 bridgehead atoms. The van der Waals surface area contributed by atoms with Gasteiger partial charge in [-0.25, -0.2) is 9.37 Å². The number of aryl methyl sites for hydroxylation is 1. The van der Waals surface area contributed by atoms with Gasteiger partial charge in [-0.05, 0) is 32.1 Å². The fourth-order valence-electron chi connectivity index (χ4n) is 1.38. The average molecular weight is 236 g/mol. The first kappa shape index (κ1) is 11.7. The Bertz CT molecular complexity index is 469. The lowest BCUT2D eigenvalue weighted by molar-refractivity contribution is 0.493. The zero-order valence-corrected chi connectivity index (χ0v) is 9.48. The Balaban J connectivity index is 2.04. The Labute approximate surface area is 98.1 Å². The summed E-state index contributed by atoms with van der Waals surface area (Å²) in [5, 5.41) is 10.8. The van der Waals surface area contributed by atoms with E-state index < -0.39 is 0 Å². The molecule has 90 valence electrons. The summed E-state index contributed by atoms with van der Waals surface area (Å²) >= 11 is 0. The molecule has 0 aliphatic rings. The third-order valence-electron chi connectivity index (χ3n) is 2.23. The Morgan fingerprint density at radius 1 is 1.35 bits per heavy atom. The van der Waals surface area contributed by atoms with Gasteiger partial charge in [0.2, 0.25) is 5.89 Å². The zero-order valence-electron chi connectivity index (χ0n) is 9.48. The number of halogens is 1. The van der Waals surface area contributed by atoms with Crippen LogP contribution in [-0.2, 0) is 6.42 Å². The third-order valence-corrected chi connectivity index (χ3v) is 2.23. The largest absolute Gasteiger partial charge is 0.419 e. The molecule has 0 saturated carbocycles. The Hall–Kier alpha value is -1.82. The molecule has 2 aromatic rings. The molecule has 2 aromatic heterocycles. The van der Waals surface area contributed by atoms with Crippen LogP contribution in [0.2, 0.25) is 0 Å². The molecule has 17 heavy (non-hydrogen) atoms. The van der Waals surface area contributed by atoms with Crippen molar-refractivity contribution in [1.82, 2.24) is 20.5 Å². The predicted molar refractivity (Wildman–Crippen MR) is 59.7 cm³/mol. The summed E-state index contributed by atoms with van der Waals surface area (Å²) in [7, 11) is 1.89. The van der Waals surface area contributed by atoms with Gasteiger partial charge in [-0.1, -0.05) is 0 Å². The summed E-state index contributed by atoms with van der Waals surface area (Å²) in [4.78, 5) is 3.87. The fraction of sp³-hybridized carbons (Fsp3) is 0.364. The standard InChI is InChI=1S/C11H13FN4O/c1-13-6-2-3-10-15-16-11(17-10)9-5-4-8(12)7-14-9/h4-5,7,13H,2-3,6H2,1H3. The van der Waals surface area contributed by atoms with Crippen LogP contribution in [0.25, 0.3) is 11.6 Å². The van der Waals surface area contributed by atoms with E-state index >= 15 is 0 Å². The van der Waals surface area contributed by atoms with Crippen molar-refractivity contribution in [3.8, 4) is 11.6 Å². The minimum Gasteiger partial charge on any atom is -0.419 e. The van der Waals surface area contributed by atoms with E-state index in [9.17, 15) is 4.39 Å². The SMILES string of the molecule is CNCCCc1nnc(-c2ccc(F)cn2)o1. The molecule has 0 spiro atoms. The lowest BCUT2D eigenvalue weighted by Gasteiger charge is -1.95. The van der Waals surface area contributed by atoms with Crippen LogP contribution in [0.5, 0.6) is 0 Å². The van der Waals surface area contributed by atoms with E-state index in [0.717, 1.165) is 25.6 Å². The highest BCUT2D eigenvalue weighted by Gasteiger charge is 2.09. The quantitative estimate of drug-likeness (QED) is 0.795. The van der Waals surface area contributed by atoms with Crippen LogP contribution in [0.15, 0.2) is 22.7 Å². The number of hydrogen-bond acceptors (Lipinski definition) is 5. The van der Waals surface area contributed by atoms with E-state index in [2.05, 4.69) is 20.5 Å². The molecule has 0 amide bonds. The van der Waals surface area contributed by atoms with E-state index in [0.29, 0.717) is 17.5 Å². The molecular formula is C11H13FN4O. The number of rotatable bonds is 5. The molecule has 6 heteroatoms. The Morgan fingerprint density at radius 2 is 2.24 bits per heavy atom. The molecule has 5 nitrogen and oxygen atoms in total. The summed E-state index contributed by atoms with van der Waals surface area (Å²) in [6.45, 7) is 0.895. The zero-order chi connectivity index (χ0) is 12.1. The van der Waals surface area contributed by atoms with Crippen molar-refractivity contribution in [2.75, 3.05) is 13.6 Å². The number of aromatic nitrogens is 3. The summed E-state index contributed by atoms with van der Waals surface area (Å²) in [5.41, 5.74) is 0.485. The molecule has 0 fully saturated rings. The van der Waals surface area contributed by atoms with Gasteiger partial charge in [-0.2, -0.15) is 0 Å². The second kappa shape index (κ2) is 5.49. The van der Waals surface area contributed by atoms with Gasteiger partial charge >= 0.3 is 0 Å². The molecule has 1 N–H and O–H groups in total. The number of nitrogens with one attached hydrogen (secondary N) is 1. The highest BCUT2D eigenvalue weighted by atomic mass is 19.1. The molecule has 2 heterocycles. The van der Waals surface area contributed by atoms with Crippen molar-refractivity contribution >= 4 is 0 Å². The van der Waals surface area contributed by atoms with Gasteiger partial charge in [0, 0.05) is 6.42 Å². The van der Waals surface area contributed by atoms with E-state index in [1.54, 1.807) is 0 Å². The van der Waals surface area contributed by atoms with E-state index in [1.807, 2.05) is 7.05 Å². The molecule has 0 atom stereocenters. The van der Waals surface area contributed by atoms with Crippen LogP contribution in [0.1, 0.15) is 12.3 Å². The van der Waals surface area contributed by atoms with Gasteiger partial charge in [-0.3, -0.25) is 0 Å². The third kappa shape index (κ3) is 3.07. The topological polar surface area (TPSA) is 63.8 Å². The second-order valence-electron chi connectivity index (χ2n) is 3.57. The highest BCUT2D eigenvalue weighted by molar-refractivity contribution is 5.45. The monoisotopic (exact) mass is 236 g/mol. The van der Waals surface area contributed by atoms with Gasteiger partial charge in [0.15, 0.2) is 0 Å². The van der Waals surface area contributed by atoms with Crippen LogP contribution in [0, 0.1) is 5.82 Å². The van der Waals surface area contributed by atoms with Gasteiger partial charge in [-0.15, -0.1) is 10.2 Å². The summed E-state index contributed by atoms with van der Waals surface area (Å²) < 4.78 is 18.1. The molecule has 0 aromatic carbocycles. The van der Waals surface area contributed by atoms with Gasteiger partial charge in [0.05, 0.1) is 6.20 Å². The fourth-order valence-corrected chi connectivity index (χ4v) is 1.38. The first-order valence-electron chi connectivity index (χ1n) is 5.38. The minimum atomic E-state index is -0.387. The predicted octanol–water partition coefficient (Wildman–Crippen LogP) is 1.42. The van der Waals surface area contributed by atoms with Crippen molar-refractivity contribution < 1.29 is 8.81 Å². The molecule has 0 aliphatic heterocycles. The van der Waals surface area contributed by atoms with Gasteiger partial charge < -0.3 is 9.73 Å². The number of hydrogen-bond donors (Lipinski definition) is 1. The average Bonchev–Trinajstić information content (AvgIpc) is 2.79. The van der Waals surface area contributed by atoms with Crippen molar-refractivity contribution in [2.24, 2.45) is 0 Å². The molecular weight excluding hydrogens is 223 g/mol. The Morgan fingerprint density at radius 3 is 2.94 bits per heavy atom. The van der Waals surface area contributed by atoms with Gasteiger partial charge in [0.25, 0.3) is 5.89 Å². The van der Waals surface area contributed by atoms with Crippen molar-refractivity contribution in [1.29, 1.82) is 0 Å². The van der Waals surface area contributed by atoms with Crippen molar-refractivity contribution in [3.05, 3.63) is 30.0 Å². The molecule has 0 unspecified atom stereocenters. The van der Waals surface area contributed by atoms with Gasteiger partial charge in [0.1, 0.15) is 11.5 Å². The first-order chi connectivity index (χ1) is 8.29. The lowest BCUT2D eigenvalue weighted by atomic mass is 10.3. The molecule has 0 radical (unpaired) electrons. The van der Waals surface area contributed by atoms with Crippen LogP contribution < -0.4 is 5.32 Å². The van der Waals surface area contributed by atoms with Crippen LogP contribution >= 0.6 is 0 Å². The van der Waals surface area contributed by atoms with Crippen LogP contribution in [-0.4, -0.2) is 28.8 Å². The van der Waals surface area contributed by atoms with Crippen molar-refractivity contribution in [3.63, 3.8) is 0 Å². The van der Waals surface area contributed by atoms with E-state index in [1.165, 1.54) is 12.1 Å². The Kier molecular flexibility index (Phi) is 3.77. The normalized spacial score (nSPS) is 10.7. The van der Waals surface area contributed by atoms with E-state index in [-0.39, 0.29) is 5.82 Å². The summed E-state index contributed by atoms with van der Waals surface area (Å²) in [6, 6.07) is 2.83. The van der Waals surface area contributed by atoms with Crippen LogP contribution in [0.3, 0.4) is 0 Å². The molecule has 2 rings (SSSR count). The highest BCUT2D eigenvalue weighted by Crippen LogP contribution is 2.15. The first-order valence-corrected chi connectivity index (χ1v) is 5.38. The maximum Gasteiger partial charge on any atom is 0.266 e. The minimum absolute atomic E-state index is 0.324. The summed E-state index contributed by atoms with van der Waals surface area (Å²) in [6.07, 6.45) is 2.77. The maximum atomic E-state index is 12.7. The summed E-state index contributed by atoms with van der Waals surface area (Å²) in [5.74, 6) is 0.508. The number of pyridine rings is 1. The second-order valence-corrected chi connectivity index (χ2v) is 3.57. The molecule has 0 saturated heterocycles. The molecule has 0 aliphatic carbocycles. The lowest BCUT2D eigenvalue weighted by Crippen LogP contribution is -2.08.